The van der Waals surface area contributed by atoms with Gasteiger partial charge in [-0.3, -0.25) is 0 Å². The Balaban J connectivity index is 2.10. The molecule has 0 heterocycles. The summed E-state index contributed by atoms with van der Waals surface area (Å²) in [5.41, 5.74) is 10.8. The van der Waals surface area contributed by atoms with Crippen molar-refractivity contribution in [2.24, 2.45) is 5.73 Å². The molecule has 1 aromatic rings. The first-order chi connectivity index (χ1) is 8.09. The Hall–Kier alpha value is -0.820. The van der Waals surface area contributed by atoms with Gasteiger partial charge in [-0.1, -0.05) is 43.9 Å². The fourth-order valence-corrected chi connectivity index (χ4v) is 2.93. The van der Waals surface area contributed by atoms with Gasteiger partial charge in [-0.2, -0.15) is 0 Å². The zero-order valence-corrected chi connectivity index (χ0v) is 11.3. The highest BCUT2D eigenvalue weighted by molar-refractivity contribution is 5.31. The molecule has 1 nitrogen and oxygen atoms in total. The lowest BCUT2D eigenvalue weighted by Gasteiger charge is -2.28. The van der Waals surface area contributed by atoms with Crippen molar-refractivity contribution in [1.82, 2.24) is 0 Å². The Morgan fingerprint density at radius 1 is 1.00 bits per heavy atom. The Morgan fingerprint density at radius 3 is 2.24 bits per heavy atom. The molecular weight excluding hydrogens is 206 g/mol. The molecule has 2 rings (SSSR count). The standard InChI is InChI=1S/C16H25N/c1-13-7-8-15(11-14(13)2)12-16(17)9-5-3-4-6-10-16/h7-8,11H,3-6,9-10,12,17H2,1-2H3. The highest BCUT2D eigenvalue weighted by Gasteiger charge is 2.26. The predicted molar refractivity (Wildman–Crippen MR) is 74.2 cm³/mol. The molecule has 1 saturated carbocycles. The van der Waals surface area contributed by atoms with Crippen molar-refractivity contribution in [3.05, 3.63) is 34.9 Å². The fraction of sp³-hybridized carbons (Fsp3) is 0.625. The van der Waals surface area contributed by atoms with Crippen LogP contribution >= 0.6 is 0 Å². The topological polar surface area (TPSA) is 26.0 Å². The van der Waals surface area contributed by atoms with Crippen LogP contribution in [0.2, 0.25) is 0 Å². The molecule has 0 atom stereocenters. The summed E-state index contributed by atoms with van der Waals surface area (Å²) in [4.78, 5) is 0. The third-order valence-electron chi connectivity index (χ3n) is 4.23. The predicted octanol–water partition coefficient (Wildman–Crippen LogP) is 3.90. The summed E-state index contributed by atoms with van der Waals surface area (Å²) < 4.78 is 0. The zero-order valence-electron chi connectivity index (χ0n) is 11.3. The second-order valence-electron chi connectivity index (χ2n) is 5.87. The average molecular weight is 231 g/mol. The lowest BCUT2D eigenvalue weighted by Crippen LogP contribution is -2.41. The molecule has 0 aliphatic heterocycles. The monoisotopic (exact) mass is 231 g/mol. The van der Waals surface area contributed by atoms with Crippen LogP contribution in [0, 0.1) is 13.8 Å². The Labute approximate surface area is 105 Å². The molecule has 0 unspecified atom stereocenters. The fourth-order valence-electron chi connectivity index (χ4n) is 2.93. The molecule has 1 heteroatoms. The van der Waals surface area contributed by atoms with Crippen molar-refractivity contribution in [2.45, 2.75) is 64.3 Å². The molecule has 0 amide bonds. The van der Waals surface area contributed by atoms with Crippen LogP contribution in [0.25, 0.3) is 0 Å². The summed E-state index contributed by atoms with van der Waals surface area (Å²) in [6, 6.07) is 6.79. The lowest BCUT2D eigenvalue weighted by atomic mass is 9.84. The van der Waals surface area contributed by atoms with Crippen LogP contribution in [-0.4, -0.2) is 5.54 Å². The molecule has 1 aromatic carbocycles. The van der Waals surface area contributed by atoms with Crippen molar-refractivity contribution in [3.63, 3.8) is 0 Å². The second kappa shape index (κ2) is 5.22. The molecule has 94 valence electrons. The molecule has 1 aliphatic rings. The quantitative estimate of drug-likeness (QED) is 0.768. The summed E-state index contributed by atoms with van der Waals surface area (Å²) >= 11 is 0. The molecule has 0 spiro atoms. The first-order valence-corrected chi connectivity index (χ1v) is 6.94. The Bertz CT molecular complexity index is 373. The molecule has 1 aliphatic carbocycles. The van der Waals surface area contributed by atoms with Crippen LogP contribution in [0.15, 0.2) is 18.2 Å². The van der Waals surface area contributed by atoms with E-state index in [9.17, 15) is 0 Å². The van der Waals surface area contributed by atoms with E-state index in [2.05, 4.69) is 32.0 Å². The van der Waals surface area contributed by atoms with Crippen LogP contribution in [0.5, 0.6) is 0 Å². The van der Waals surface area contributed by atoms with Gasteiger partial charge in [0.2, 0.25) is 0 Å². The molecule has 0 bridgehead atoms. The normalized spacial score (nSPS) is 19.9. The highest BCUT2D eigenvalue weighted by Crippen LogP contribution is 2.28. The van der Waals surface area contributed by atoms with Gasteiger partial charge in [0.05, 0.1) is 0 Å². The lowest BCUT2D eigenvalue weighted by molar-refractivity contribution is 0.369. The molecule has 1 fully saturated rings. The van der Waals surface area contributed by atoms with Gasteiger partial charge in [0, 0.05) is 5.54 Å². The number of nitrogens with two attached hydrogens (primary N) is 1. The molecular formula is C16H25N. The van der Waals surface area contributed by atoms with E-state index < -0.39 is 0 Å². The summed E-state index contributed by atoms with van der Waals surface area (Å²) in [6.45, 7) is 4.36. The van der Waals surface area contributed by atoms with E-state index in [4.69, 9.17) is 5.73 Å². The van der Waals surface area contributed by atoms with Crippen LogP contribution in [0.3, 0.4) is 0 Å². The van der Waals surface area contributed by atoms with E-state index >= 15 is 0 Å². The van der Waals surface area contributed by atoms with E-state index in [1.165, 1.54) is 55.2 Å². The maximum Gasteiger partial charge on any atom is 0.0195 e. The first-order valence-electron chi connectivity index (χ1n) is 6.94. The summed E-state index contributed by atoms with van der Waals surface area (Å²) in [5, 5.41) is 0. The first kappa shape index (κ1) is 12.6. The smallest absolute Gasteiger partial charge is 0.0195 e. The second-order valence-corrected chi connectivity index (χ2v) is 5.87. The van der Waals surface area contributed by atoms with Gasteiger partial charge in [0.15, 0.2) is 0 Å². The van der Waals surface area contributed by atoms with E-state index in [0.29, 0.717) is 0 Å². The van der Waals surface area contributed by atoms with Crippen molar-refractivity contribution < 1.29 is 0 Å². The van der Waals surface area contributed by atoms with E-state index in [1.807, 2.05) is 0 Å². The minimum absolute atomic E-state index is 0.0538. The molecule has 0 saturated heterocycles. The molecule has 0 radical (unpaired) electrons. The third kappa shape index (κ3) is 3.32. The van der Waals surface area contributed by atoms with Crippen molar-refractivity contribution >= 4 is 0 Å². The maximum atomic E-state index is 6.58. The Kier molecular flexibility index (Phi) is 3.88. The van der Waals surface area contributed by atoms with Gasteiger partial charge in [-0.15, -0.1) is 0 Å². The van der Waals surface area contributed by atoms with Crippen LogP contribution in [0.4, 0.5) is 0 Å². The van der Waals surface area contributed by atoms with Gasteiger partial charge in [-0.05, 0) is 49.8 Å². The summed E-state index contributed by atoms with van der Waals surface area (Å²) in [6.07, 6.45) is 8.79. The number of aryl methyl sites for hydroxylation is 2. The van der Waals surface area contributed by atoms with Crippen LogP contribution in [-0.2, 0) is 6.42 Å². The van der Waals surface area contributed by atoms with Crippen molar-refractivity contribution in [3.8, 4) is 0 Å². The van der Waals surface area contributed by atoms with Gasteiger partial charge in [0.1, 0.15) is 0 Å². The maximum absolute atomic E-state index is 6.58. The molecule has 17 heavy (non-hydrogen) atoms. The van der Waals surface area contributed by atoms with Gasteiger partial charge in [0.25, 0.3) is 0 Å². The number of hydrogen-bond donors (Lipinski definition) is 1. The van der Waals surface area contributed by atoms with Crippen molar-refractivity contribution in [2.75, 3.05) is 0 Å². The highest BCUT2D eigenvalue weighted by atomic mass is 14.7. The van der Waals surface area contributed by atoms with Crippen LogP contribution < -0.4 is 5.73 Å². The number of hydrogen-bond acceptors (Lipinski definition) is 1. The van der Waals surface area contributed by atoms with Gasteiger partial charge >= 0.3 is 0 Å². The summed E-state index contributed by atoms with van der Waals surface area (Å²) in [5.74, 6) is 0. The number of benzene rings is 1. The van der Waals surface area contributed by atoms with E-state index in [0.717, 1.165) is 6.42 Å². The van der Waals surface area contributed by atoms with E-state index in [1.54, 1.807) is 0 Å². The zero-order chi connectivity index (χ0) is 12.3. The average Bonchev–Trinajstić information content (AvgIpc) is 2.49. The number of rotatable bonds is 2. The van der Waals surface area contributed by atoms with Crippen molar-refractivity contribution in [1.29, 1.82) is 0 Å². The minimum atomic E-state index is 0.0538. The Morgan fingerprint density at radius 2 is 1.65 bits per heavy atom. The minimum Gasteiger partial charge on any atom is -0.325 e. The third-order valence-corrected chi connectivity index (χ3v) is 4.23. The van der Waals surface area contributed by atoms with E-state index in [-0.39, 0.29) is 5.54 Å². The molecule has 2 N–H and O–H groups in total. The summed E-state index contributed by atoms with van der Waals surface area (Å²) in [7, 11) is 0. The SMILES string of the molecule is Cc1ccc(CC2(N)CCCCCC2)cc1C. The van der Waals surface area contributed by atoms with Gasteiger partial charge < -0.3 is 5.73 Å². The molecule has 0 aromatic heterocycles. The van der Waals surface area contributed by atoms with Crippen LogP contribution in [0.1, 0.15) is 55.2 Å². The van der Waals surface area contributed by atoms with Gasteiger partial charge in [-0.25, -0.2) is 0 Å². The largest absolute Gasteiger partial charge is 0.325 e.